The number of imidazole rings is 1. The quantitative estimate of drug-likeness (QED) is 0.720. The lowest BCUT2D eigenvalue weighted by atomic mass is 10.1. The molecule has 3 aromatic heterocycles. The minimum absolute atomic E-state index is 0.179. The molecule has 25 heavy (non-hydrogen) atoms. The fraction of sp³-hybridized carbons (Fsp3) is 0.333. The summed E-state index contributed by atoms with van der Waals surface area (Å²) < 4.78 is 28.4. The van der Waals surface area contributed by atoms with Gasteiger partial charge >= 0.3 is 5.69 Å². The highest BCUT2D eigenvalue weighted by Crippen LogP contribution is 2.32. The number of hydrogen-bond acceptors (Lipinski definition) is 5. The maximum atomic E-state index is 13.4. The predicted octanol–water partition coefficient (Wildman–Crippen LogP) is 1.01. The van der Waals surface area contributed by atoms with Crippen LogP contribution in [-0.4, -0.2) is 43.6 Å². The van der Waals surface area contributed by atoms with Crippen LogP contribution in [0.4, 0.5) is 14.5 Å². The number of alkyl halides is 2. The van der Waals surface area contributed by atoms with Gasteiger partial charge in [0.1, 0.15) is 5.69 Å². The van der Waals surface area contributed by atoms with Crippen LogP contribution in [0.3, 0.4) is 0 Å². The summed E-state index contributed by atoms with van der Waals surface area (Å²) in [6.45, 7) is 0.363. The lowest BCUT2D eigenvalue weighted by molar-refractivity contribution is -0.0220. The number of rotatable bonds is 2. The molecule has 0 saturated carbocycles. The van der Waals surface area contributed by atoms with Crippen LogP contribution in [0.1, 0.15) is 12.8 Å². The van der Waals surface area contributed by atoms with Gasteiger partial charge in [-0.05, 0) is 6.07 Å². The van der Waals surface area contributed by atoms with Crippen molar-refractivity contribution < 1.29 is 8.78 Å². The van der Waals surface area contributed by atoms with E-state index in [1.54, 1.807) is 18.5 Å². The summed E-state index contributed by atoms with van der Waals surface area (Å²) in [5.74, 6) is -2.66. The highest BCUT2D eigenvalue weighted by Gasteiger charge is 2.34. The smallest absolute Gasteiger partial charge is 0.325 e. The highest BCUT2D eigenvalue weighted by molar-refractivity contribution is 5.74. The SMILES string of the molecule is O=c1[nH]cc(-c2cc(N3CCC(F)(F)CC3)c3nccn3n2)c(=O)[nH]1. The summed E-state index contributed by atoms with van der Waals surface area (Å²) in [5, 5.41) is 4.32. The molecular formula is C15H14F2N6O2. The molecule has 0 aliphatic carbocycles. The normalized spacial score (nSPS) is 17.1. The molecule has 4 heterocycles. The van der Waals surface area contributed by atoms with Crippen LogP contribution in [0.15, 0.2) is 34.2 Å². The lowest BCUT2D eigenvalue weighted by Crippen LogP contribution is -2.39. The number of piperidine rings is 1. The van der Waals surface area contributed by atoms with Crippen LogP contribution >= 0.6 is 0 Å². The molecule has 4 rings (SSSR count). The molecule has 0 aromatic carbocycles. The summed E-state index contributed by atoms with van der Waals surface area (Å²) >= 11 is 0. The number of aromatic amines is 2. The van der Waals surface area contributed by atoms with Gasteiger partial charge in [0, 0.05) is 44.5 Å². The van der Waals surface area contributed by atoms with Gasteiger partial charge in [-0.3, -0.25) is 9.78 Å². The Kier molecular flexibility index (Phi) is 3.41. The molecule has 3 aromatic rings. The first kappa shape index (κ1) is 15.5. The van der Waals surface area contributed by atoms with Crippen LogP contribution < -0.4 is 16.1 Å². The predicted molar refractivity (Wildman–Crippen MR) is 86.1 cm³/mol. The van der Waals surface area contributed by atoms with E-state index < -0.39 is 17.2 Å². The number of H-pyrrole nitrogens is 2. The van der Waals surface area contributed by atoms with Crippen molar-refractivity contribution in [2.45, 2.75) is 18.8 Å². The first-order valence-corrected chi connectivity index (χ1v) is 7.72. The average Bonchev–Trinajstić information content (AvgIpc) is 3.02. The van der Waals surface area contributed by atoms with Crippen LogP contribution in [0.2, 0.25) is 0 Å². The van der Waals surface area contributed by atoms with Crippen molar-refractivity contribution in [1.29, 1.82) is 0 Å². The van der Waals surface area contributed by atoms with E-state index in [1.165, 1.54) is 10.7 Å². The van der Waals surface area contributed by atoms with E-state index in [9.17, 15) is 18.4 Å². The molecule has 10 heteroatoms. The number of aromatic nitrogens is 5. The zero-order chi connectivity index (χ0) is 17.6. The standard InChI is InChI=1S/C15H14F2N6O2/c16-15(17)1-4-22(5-2-15)11-7-10(21-23-6-3-18-12(11)23)9-8-19-14(25)20-13(9)24/h3,6-8H,1-2,4-5H2,(H2,19,20,24,25). The van der Waals surface area contributed by atoms with E-state index in [-0.39, 0.29) is 31.5 Å². The zero-order valence-electron chi connectivity index (χ0n) is 13.0. The fourth-order valence-corrected chi connectivity index (χ4v) is 2.94. The van der Waals surface area contributed by atoms with Crippen molar-refractivity contribution in [3.8, 4) is 11.3 Å². The Balaban J connectivity index is 1.83. The van der Waals surface area contributed by atoms with Gasteiger partial charge in [-0.2, -0.15) is 5.10 Å². The Morgan fingerprint density at radius 2 is 1.96 bits per heavy atom. The van der Waals surface area contributed by atoms with Gasteiger partial charge in [0.25, 0.3) is 11.5 Å². The molecule has 0 spiro atoms. The van der Waals surface area contributed by atoms with E-state index in [0.29, 0.717) is 17.0 Å². The second kappa shape index (κ2) is 5.50. The molecule has 1 saturated heterocycles. The van der Waals surface area contributed by atoms with Crippen molar-refractivity contribution in [2.75, 3.05) is 18.0 Å². The lowest BCUT2D eigenvalue weighted by Gasteiger charge is -2.33. The minimum Gasteiger partial charge on any atom is -0.368 e. The van der Waals surface area contributed by atoms with Gasteiger partial charge in [-0.1, -0.05) is 0 Å². The monoisotopic (exact) mass is 348 g/mol. The van der Waals surface area contributed by atoms with E-state index >= 15 is 0 Å². The second-order valence-electron chi connectivity index (χ2n) is 5.94. The number of nitrogens with one attached hydrogen (secondary N) is 2. The Morgan fingerprint density at radius 1 is 1.20 bits per heavy atom. The van der Waals surface area contributed by atoms with E-state index in [0.717, 1.165) is 0 Å². The Bertz CT molecular complexity index is 1040. The molecule has 1 aliphatic rings. The van der Waals surface area contributed by atoms with Gasteiger partial charge < -0.3 is 9.88 Å². The average molecular weight is 348 g/mol. The molecule has 8 nitrogen and oxygen atoms in total. The van der Waals surface area contributed by atoms with Crippen LogP contribution in [-0.2, 0) is 0 Å². The summed E-state index contributed by atoms with van der Waals surface area (Å²) in [6, 6.07) is 1.63. The molecule has 130 valence electrons. The Labute approximate surface area is 139 Å². The molecule has 1 aliphatic heterocycles. The largest absolute Gasteiger partial charge is 0.368 e. The number of fused-ring (bicyclic) bond motifs is 1. The third-order valence-corrected chi connectivity index (χ3v) is 4.27. The van der Waals surface area contributed by atoms with Crippen LogP contribution in [0, 0.1) is 0 Å². The summed E-state index contributed by atoms with van der Waals surface area (Å²) in [7, 11) is 0. The fourth-order valence-electron chi connectivity index (χ4n) is 2.94. The third-order valence-electron chi connectivity index (χ3n) is 4.27. The molecule has 2 N–H and O–H groups in total. The van der Waals surface area contributed by atoms with Gasteiger partial charge in [-0.25, -0.2) is 23.1 Å². The first-order valence-electron chi connectivity index (χ1n) is 7.72. The van der Waals surface area contributed by atoms with E-state index in [1.807, 2.05) is 4.90 Å². The van der Waals surface area contributed by atoms with Crippen molar-refractivity contribution in [2.24, 2.45) is 0 Å². The highest BCUT2D eigenvalue weighted by atomic mass is 19.3. The first-order chi connectivity index (χ1) is 11.9. The number of anilines is 1. The van der Waals surface area contributed by atoms with Crippen molar-refractivity contribution in [3.05, 3.63) is 45.5 Å². The maximum Gasteiger partial charge on any atom is 0.325 e. The Hall–Kier alpha value is -3.04. The van der Waals surface area contributed by atoms with Crippen LogP contribution in [0.25, 0.3) is 16.9 Å². The topological polar surface area (TPSA) is 99.2 Å². The van der Waals surface area contributed by atoms with Crippen molar-refractivity contribution in [1.82, 2.24) is 24.6 Å². The van der Waals surface area contributed by atoms with Gasteiger partial charge in [0.05, 0.1) is 11.3 Å². The number of hydrogen-bond donors (Lipinski definition) is 2. The second-order valence-corrected chi connectivity index (χ2v) is 5.94. The maximum absolute atomic E-state index is 13.4. The minimum atomic E-state index is -2.66. The molecule has 0 radical (unpaired) electrons. The molecule has 0 unspecified atom stereocenters. The van der Waals surface area contributed by atoms with Gasteiger partial charge in [0.2, 0.25) is 0 Å². The van der Waals surface area contributed by atoms with Gasteiger partial charge in [-0.15, -0.1) is 0 Å². The number of nitrogens with zero attached hydrogens (tertiary/aromatic N) is 4. The number of halogens is 2. The zero-order valence-corrected chi connectivity index (χ0v) is 13.0. The van der Waals surface area contributed by atoms with E-state index in [4.69, 9.17) is 0 Å². The van der Waals surface area contributed by atoms with Crippen molar-refractivity contribution >= 4 is 11.3 Å². The summed E-state index contributed by atoms with van der Waals surface area (Å²) in [5.41, 5.74) is 0.447. The molecule has 0 amide bonds. The third kappa shape index (κ3) is 2.79. The van der Waals surface area contributed by atoms with Gasteiger partial charge in [0.15, 0.2) is 5.65 Å². The molecule has 1 fully saturated rings. The summed E-state index contributed by atoms with van der Waals surface area (Å²) in [4.78, 5) is 33.8. The summed E-state index contributed by atoms with van der Waals surface area (Å²) in [6.07, 6.45) is 3.96. The molecule has 0 bridgehead atoms. The van der Waals surface area contributed by atoms with Crippen molar-refractivity contribution in [3.63, 3.8) is 0 Å². The Morgan fingerprint density at radius 3 is 2.68 bits per heavy atom. The van der Waals surface area contributed by atoms with Crippen LogP contribution in [0.5, 0.6) is 0 Å². The molecular weight excluding hydrogens is 334 g/mol. The van der Waals surface area contributed by atoms with E-state index in [2.05, 4.69) is 20.1 Å². The molecule has 0 atom stereocenters.